The van der Waals surface area contributed by atoms with Crippen molar-refractivity contribution in [3.8, 4) is 11.3 Å². The van der Waals surface area contributed by atoms with Gasteiger partial charge >= 0.3 is 12.1 Å². The number of halogens is 3. The van der Waals surface area contributed by atoms with Crippen molar-refractivity contribution in [3.63, 3.8) is 0 Å². The molecular formula is C24H21F3N2O3. The van der Waals surface area contributed by atoms with Crippen molar-refractivity contribution in [2.75, 3.05) is 5.32 Å². The van der Waals surface area contributed by atoms with Crippen LogP contribution in [0.1, 0.15) is 40.9 Å². The summed E-state index contributed by atoms with van der Waals surface area (Å²) in [6.07, 6.45) is -4.51. The van der Waals surface area contributed by atoms with Crippen LogP contribution in [0.2, 0.25) is 0 Å². The molecule has 1 heterocycles. The van der Waals surface area contributed by atoms with Crippen molar-refractivity contribution in [2.24, 2.45) is 0 Å². The molecule has 0 aliphatic rings. The smallest absolute Gasteiger partial charge is 0.416 e. The number of carboxylic acid groups (broad SMARTS) is 1. The molecule has 8 heteroatoms. The van der Waals surface area contributed by atoms with Gasteiger partial charge in [0.25, 0.3) is 0 Å². The first-order valence-electron chi connectivity index (χ1n) is 9.70. The lowest BCUT2D eigenvalue weighted by molar-refractivity contribution is -0.137. The highest BCUT2D eigenvalue weighted by atomic mass is 19.4. The fourth-order valence-electron chi connectivity index (χ4n) is 3.18. The standard InChI is InChI=1S/C24H21F3N2O3/c1-14-10-11-19(28-20(14)15-6-4-7-16(12-15)21(30)31)29-22(32)23(2,3)17-8-5-9-18(13-17)24(25,26)27/h4-13H,1-3H3,(H,30,31)(H,28,29,32). The zero-order chi connectivity index (χ0) is 23.7. The molecular weight excluding hydrogens is 421 g/mol. The fourth-order valence-corrected chi connectivity index (χ4v) is 3.18. The normalized spacial score (nSPS) is 11.8. The van der Waals surface area contributed by atoms with E-state index in [2.05, 4.69) is 10.3 Å². The molecule has 0 aliphatic carbocycles. The lowest BCUT2D eigenvalue weighted by Gasteiger charge is -2.25. The quantitative estimate of drug-likeness (QED) is 0.532. The van der Waals surface area contributed by atoms with E-state index in [0.717, 1.165) is 17.7 Å². The van der Waals surface area contributed by atoms with Crippen LogP contribution in [0.4, 0.5) is 19.0 Å². The van der Waals surface area contributed by atoms with Crippen molar-refractivity contribution >= 4 is 17.7 Å². The second-order valence-corrected chi connectivity index (χ2v) is 7.91. The van der Waals surface area contributed by atoms with Crippen molar-refractivity contribution in [3.05, 3.63) is 82.9 Å². The van der Waals surface area contributed by atoms with Crippen molar-refractivity contribution < 1.29 is 27.9 Å². The Morgan fingerprint density at radius 2 is 1.59 bits per heavy atom. The van der Waals surface area contributed by atoms with Crippen LogP contribution in [0, 0.1) is 6.92 Å². The molecule has 2 N–H and O–H groups in total. The molecule has 0 unspecified atom stereocenters. The van der Waals surface area contributed by atoms with E-state index < -0.39 is 29.0 Å². The Hall–Kier alpha value is -3.68. The number of aromatic carboxylic acids is 1. The van der Waals surface area contributed by atoms with Gasteiger partial charge in [0.1, 0.15) is 5.82 Å². The van der Waals surface area contributed by atoms with Gasteiger partial charge in [0.15, 0.2) is 0 Å². The number of aromatic nitrogens is 1. The SMILES string of the molecule is Cc1ccc(NC(=O)C(C)(C)c2cccc(C(F)(F)F)c2)nc1-c1cccc(C(=O)O)c1. The Labute approximate surface area is 182 Å². The van der Waals surface area contributed by atoms with E-state index in [0.29, 0.717) is 11.3 Å². The van der Waals surface area contributed by atoms with Crippen LogP contribution in [-0.4, -0.2) is 22.0 Å². The summed E-state index contributed by atoms with van der Waals surface area (Å²) >= 11 is 0. The molecule has 3 rings (SSSR count). The number of rotatable bonds is 5. The number of amides is 1. The van der Waals surface area contributed by atoms with Gasteiger partial charge in [-0.25, -0.2) is 9.78 Å². The largest absolute Gasteiger partial charge is 0.478 e. The van der Waals surface area contributed by atoms with Gasteiger partial charge in [-0.05, 0) is 56.2 Å². The van der Waals surface area contributed by atoms with Gasteiger partial charge in [-0.1, -0.05) is 36.4 Å². The van der Waals surface area contributed by atoms with Gasteiger partial charge in [-0.15, -0.1) is 0 Å². The number of nitrogens with zero attached hydrogens (tertiary/aromatic N) is 1. The lowest BCUT2D eigenvalue weighted by Crippen LogP contribution is -2.35. The highest BCUT2D eigenvalue weighted by molar-refractivity contribution is 5.98. The third-order valence-corrected chi connectivity index (χ3v) is 5.20. The third-order valence-electron chi connectivity index (χ3n) is 5.20. The summed E-state index contributed by atoms with van der Waals surface area (Å²) in [4.78, 5) is 28.7. The molecule has 1 amide bonds. The van der Waals surface area contributed by atoms with E-state index >= 15 is 0 Å². The van der Waals surface area contributed by atoms with E-state index in [9.17, 15) is 27.9 Å². The monoisotopic (exact) mass is 442 g/mol. The molecule has 166 valence electrons. The minimum atomic E-state index is -4.51. The number of carbonyl (C=O) groups excluding carboxylic acids is 1. The van der Waals surface area contributed by atoms with Crippen molar-refractivity contribution in [1.82, 2.24) is 4.98 Å². The Balaban J connectivity index is 1.91. The Morgan fingerprint density at radius 1 is 0.938 bits per heavy atom. The number of pyridine rings is 1. The van der Waals surface area contributed by atoms with Gasteiger partial charge < -0.3 is 10.4 Å². The number of carboxylic acids is 1. The van der Waals surface area contributed by atoms with E-state index in [1.54, 1.807) is 31.2 Å². The van der Waals surface area contributed by atoms with Crippen LogP contribution in [0.3, 0.4) is 0 Å². The summed E-state index contributed by atoms with van der Waals surface area (Å²) in [5.41, 5.74) is 0.0400. The van der Waals surface area contributed by atoms with Gasteiger partial charge in [0.2, 0.25) is 5.91 Å². The highest BCUT2D eigenvalue weighted by Gasteiger charge is 2.35. The molecule has 32 heavy (non-hydrogen) atoms. The Bertz CT molecular complexity index is 1190. The minimum absolute atomic E-state index is 0.101. The average molecular weight is 442 g/mol. The summed E-state index contributed by atoms with van der Waals surface area (Å²) in [6, 6.07) is 14.2. The van der Waals surface area contributed by atoms with Crippen LogP contribution in [0.25, 0.3) is 11.3 Å². The van der Waals surface area contributed by atoms with Crippen LogP contribution < -0.4 is 5.32 Å². The van der Waals surface area contributed by atoms with Gasteiger partial charge in [0.05, 0.1) is 22.2 Å². The maximum Gasteiger partial charge on any atom is 0.416 e. The molecule has 0 bridgehead atoms. The third kappa shape index (κ3) is 4.80. The molecule has 2 aromatic carbocycles. The number of benzene rings is 2. The molecule has 0 saturated heterocycles. The van der Waals surface area contributed by atoms with Crippen molar-refractivity contribution in [2.45, 2.75) is 32.4 Å². The zero-order valence-electron chi connectivity index (χ0n) is 17.6. The van der Waals surface area contributed by atoms with Crippen LogP contribution in [0.15, 0.2) is 60.7 Å². The summed E-state index contributed by atoms with van der Waals surface area (Å²) in [7, 11) is 0. The predicted molar refractivity (Wildman–Crippen MR) is 114 cm³/mol. The topological polar surface area (TPSA) is 79.3 Å². The van der Waals surface area contributed by atoms with E-state index in [1.807, 2.05) is 0 Å². The molecule has 0 atom stereocenters. The summed E-state index contributed by atoms with van der Waals surface area (Å²) in [6.45, 7) is 4.86. The minimum Gasteiger partial charge on any atom is -0.478 e. The van der Waals surface area contributed by atoms with Gasteiger partial charge in [0, 0.05) is 5.56 Å². The Morgan fingerprint density at radius 3 is 2.25 bits per heavy atom. The summed E-state index contributed by atoms with van der Waals surface area (Å²) < 4.78 is 39.2. The molecule has 0 radical (unpaired) electrons. The van der Waals surface area contributed by atoms with Gasteiger partial charge in [-0.2, -0.15) is 13.2 Å². The zero-order valence-corrected chi connectivity index (χ0v) is 17.6. The second kappa shape index (κ2) is 8.45. The number of nitrogens with one attached hydrogen (secondary N) is 1. The predicted octanol–water partition coefficient (Wildman–Crippen LogP) is 5.69. The van der Waals surface area contributed by atoms with Crippen LogP contribution in [0.5, 0.6) is 0 Å². The maximum atomic E-state index is 13.1. The lowest BCUT2D eigenvalue weighted by atomic mass is 9.83. The van der Waals surface area contributed by atoms with Crippen LogP contribution >= 0.6 is 0 Å². The number of hydrogen-bond acceptors (Lipinski definition) is 3. The number of alkyl halides is 3. The molecule has 0 saturated carbocycles. The number of aryl methyl sites for hydroxylation is 1. The summed E-state index contributed by atoms with van der Waals surface area (Å²) in [5.74, 6) is -1.40. The van der Waals surface area contributed by atoms with E-state index in [-0.39, 0.29) is 16.9 Å². The first-order valence-corrected chi connectivity index (χ1v) is 9.70. The second-order valence-electron chi connectivity index (χ2n) is 7.91. The first-order chi connectivity index (χ1) is 14.9. The fraction of sp³-hybridized carbons (Fsp3) is 0.208. The molecule has 0 fully saturated rings. The average Bonchev–Trinajstić information content (AvgIpc) is 2.74. The maximum absolute atomic E-state index is 13.1. The Kier molecular flexibility index (Phi) is 6.07. The number of carbonyl (C=O) groups is 2. The highest BCUT2D eigenvalue weighted by Crippen LogP contribution is 2.33. The number of hydrogen-bond donors (Lipinski definition) is 2. The first kappa shape index (κ1) is 23.0. The summed E-state index contributed by atoms with van der Waals surface area (Å²) in [5, 5.41) is 11.9. The van der Waals surface area contributed by atoms with E-state index in [1.165, 1.54) is 38.1 Å². The van der Waals surface area contributed by atoms with E-state index in [4.69, 9.17) is 0 Å². The molecule has 0 aliphatic heterocycles. The number of anilines is 1. The molecule has 1 aromatic heterocycles. The van der Waals surface area contributed by atoms with Crippen molar-refractivity contribution in [1.29, 1.82) is 0 Å². The van der Waals surface area contributed by atoms with Crippen LogP contribution in [-0.2, 0) is 16.4 Å². The molecule has 3 aromatic rings. The molecule has 0 spiro atoms. The molecule has 5 nitrogen and oxygen atoms in total. The van der Waals surface area contributed by atoms with Gasteiger partial charge in [-0.3, -0.25) is 4.79 Å².